The average molecular weight is 252 g/mol. The minimum Gasteiger partial charge on any atom is -0.274 e. The zero-order chi connectivity index (χ0) is 12.6. The molecule has 0 spiro atoms. The quantitative estimate of drug-likeness (QED) is 0.758. The summed E-state index contributed by atoms with van der Waals surface area (Å²) < 4.78 is 0. The Hall–Kier alpha value is -1.35. The van der Waals surface area contributed by atoms with Gasteiger partial charge in [-0.1, -0.05) is 37.6 Å². The summed E-state index contributed by atoms with van der Waals surface area (Å²) in [7, 11) is 0. The summed E-state index contributed by atoms with van der Waals surface area (Å²) in [6.45, 7) is 3.60. The van der Waals surface area contributed by atoms with Gasteiger partial charge in [0.1, 0.15) is 0 Å². The van der Waals surface area contributed by atoms with Crippen molar-refractivity contribution in [3.63, 3.8) is 0 Å². The maximum Gasteiger partial charge on any atom is 0.232 e. The molecule has 1 aliphatic heterocycles. The van der Waals surface area contributed by atoms with Crippen molar-refractivity contribution in [2.75, 3.05) is 0 Å². The van der Waals surface area contributed by atoms with Gasteiger partial charge in [-0.05, 0) is 17.7 Å². The van der Waals surface area contributed by atoms with Crippen molar-refractivity contribution in [1.29, 1.82) is 0 Å². The molecule has 2 rings (SSSR count). The Kier molecular flexibility index (Phi) is 3.20. The summed E-state index contributed by atoms with van der Waals surface area (Å²) in [5, 5.41) is 0.654. The van der Waals surface area contributed by atoms with Crippen molar-refractivity contribution in [1.82, 2.24) is 4.90 Å². The van der Waals surface area contributed by atoms with Gasteiger partial charge in [-0.2, -0.15) is 0 Å². The first-order valence-electron chi connectivity index (χ1n) is 5.62. The first kappa shape index (κ1) is 12.1. The number of imide groups is 1. The number of carbonyl (C=O) groups is 2. The second-order valence-electron chi connectivity index (χ2n) is 4.53. The Morgan fingerprint density at radius 2 is 1.94 bits per heavy atom. The highest BCUT2D eigenvalue weighted by Gasteiger charge is 2.42. The fraction of sp³-hybridized carbons (Fsp3) is 0.385. The maximum atomic E-state index is 11.9. The van der Waals surface area contributed by atoms with Crippen LogP contribution in [0.1, 0.15) is 31.9 Å². The van der Waals surface area contributed by atoms with Crippen LogP contribution in [0.5, 0.6) is 0 Å². The molecular weight excluding hydrogens is 238 g/mol. The van der Waals surface area contributed by atoms with Crippen molar-refractivity contribution >= 4 is 23.4 Å². The van der Waals surface area contributed by atoms with Crippen molar-refractivity contribution in [3.8, 4) is 0 Å². The second kappa shape index (κ2) is 4.49. The van der Waals surface area contributed by atoms with Gasteiger partial charge in [-0.25, -0.2) is 0 Å². The molecule has 0 bridgehead atoms. The lowest BCUT2D eigenvalue weighted by atomic mass is 9.92. The topological polar surface area (TPSA) is 37.4 Å². The highest BCUT2D eigenvalue weighted by Crippen LogP contribution is 2.35. The highest BCUT2D eigenvalue weighted by atomic mass is 35.5. The molecule has 0 radical (unpaired) electrons. The number of rotatable bonds is 2. The fourth-order valence-electron chi connectivity index (χ4n) is 1.92. The minimum atomic E-state index is -0.158. The lowest BCUT2D eigenvalue weighted by molar-refractivity contribution is -0.160. The summed E-state index contributed by atoms with van der Waals surface area (Å²) >= 11 is 5.81. The van der Waals surface area contributed by atoms with E-state index in [9.17, 15) is 9.59 Å². The number of hydrogen-bond donors (Lipinski definition) is 0. The summed E-state index contributed by atoms with van der Waals surface area (Å²) in [6.07, 6.45) is 0.403. The van der Waals surface area contributed by atoms with Crippen LogP contribution in [0.4, 0.5) is 0 Å². The Morgan fingerprint density at radius 3 is 2.41 bits per heavy atom. The van der Waals surface area contributed by atoms with Crippen LogP contribution >= 0.6 is 11.6 Å². The second-order valence-corrected chi connectivity index (χ2v) is 4.96. The number of amides is 2. The number of carbonyl (C=O) groups excluding carboxylic acids is 2. The van der Waals surface area contributed by atoms with Crippen molar-refractivity contribution in [2.24, 2.45) is 5.92 Å². The lowest BCUT2D eigenvalue weighted by Crippen LogP contribution is -2.51. The van der Waals surface area contributed by atoms with Crippen LogP contribution in [0.25, 0.3) is 0 Å². The van der Waals surface area contributed by atoms with Crippen molar-refractivity contribution in [2.45, 2.75) is 26.3 Å². The van der Waals surface area contributed by atoms with E-state index >= 15 is 0 Å². The van der Waals surface area contributed by atoms with Gasteiger partial charge in [-0.3, -0.25) is 14.5 Å². The van der Waals surface area contributed by atoms with Gasteiger partial charge in [-0.15, -0.1) is 0 Å². The Balaban J connectivity index is 2.20. The van der Waals surface area contributed by atoms with E-state index in [2.05, 4.69) is 0 Å². The molecule has 0 unspecified atom stereocenters. The van der Waals surface area contributed by atoms with E-state index in [1.807, 2.05) is 12.1 Å². The van der Waals surface area contributed by atoms with E-state index in [1.54, 1.807) is 26.0 Å². The third kappa shape index (κ3) is 2.20. The lowest BCUT2D eigenvalue weighted by Gasteiger charge is -2.40. The molecule has 1 atom stereocenters. The van der Waals surface area contributed by atoms with Gasteiger partial charge in [0.2, 0.25) is 11.8 Å². The number of halogens is 1. The monoisotopic (exact) mass is 251 g/mol. The first-order chi connectivity index (χ1) is 8.00. The van der Waals surface area contributed by atoms with Gasteiger partial charge in [0.05, 0.1) is 12.5 Å². The summed E-state index contributed by atoms with van der Waals surface area (Å²) in [5.74, 6) is -0.362. The van der Waals surface area contributed by atoms with Gasteiger partial charge in [0, 0.05) is 10.9 Å². The highest BCUT2D eigenvalue weighted by molar-refractivity contribution is 6.30. The zero-order valence-electron chi connectivity index (χ0n) is 9.81. The molecule has 17 heavy (non-hydrogen) atoms. The number of hydrogen-bond acceptors (Lipinski definition) is 2. The SMILES string of the molecule is CC(C)C(=O)N1C(=O)C[C@H]1c1ccc(Cl)cc1. The van der Waals surface area contributed by atoms with E-state index in [0.29, 0.717) is 11.4 Å². The van der Waals surface area contributed by atoms with Gasteiger partial charge < -0.3 is 0 Å². The molecule has 0 aliphatic carbocycles. The predicted octanol–water partition coefficient (Wildman–Crippen LogP) is 2.80. The van der Waals surface area contributed by atoms with Gasteiger partial charge in [0.25, 0.3) is 0 Å². The van der Waals surface area contributed by atoms with Crippen molar-refractivity contribution in [3.05, 3.63) is 34.9 Å². The molecule has 1 fully saturated rings. The average Bonchev–Trinajstić information content (AvgIpc) is 2.27. The van der Waals surface area contributed by atoms with E-state index in [4.69, 9.17) is 11.6 Å². The van der Waals surface area contributed by atoms with Gasteiger partial charge in [0.15, 0.2) is 0 Å². The summed E-state index contributed by atoms with van der Waals surface area (Å²) in [5.41, 5.74) is 0.961. The number of benzene rings is 1. The molecule has 0 saturated carbocycles. The summed E-state index contributed by atoms with van der Waals surface area (Å²) in [4.78, 5) is 24.7. The number of nitrogens with zero attached hydrogens (tertiary/aromatic N) is 1. The molecule has 1 aromatic rings. The third-order valence-electron chi connectivity index (χ3n) is 2.93. The molecule has 1 heterocycles. The number of β-lactam (4-membered cyclic amide) rings is 1. The normalized spacial score (nSPS) is 19.4. The molecule has 1 aliphatic rings. The Morgan fingerprint density at radius 1 is 1.35 bits per heavy atom. The zero-order valence-corrected chi connectivity index (χ0v) is 10.6. The van der Waals surface area contributed by atoms with E-state index in [1.165, 1.54) is 4.90 Å². The van der Waals surface area contributed by atoms with Crippen LogP contribution in [-0.4, -0.2) is 16.7 Å². The smallest absolute Gasteiger partial charge is 0.232 e. The van der Waals surface area contributed by atoms with Gasteiger partial charge >= 0.3 is 0 Å². The van der Waals surface area contributed by atoms with E-state index in [0.717, 1.165) is 5.56 Å². The molecule has 3 nitrogen and oxygen atoms in total. The first-order valence-corrected chi connectivity index (χ1v) is 6.00. The molecule has 90 valence electrons. The summed E-state index contributed by atoms with van der Waals surface area (Å²) in [6, 6.07) is 7.16. The number of likely N-dealkylation sites (tertiary alicyclic amines) is 1. The largest absolute Gasteiger partial charge is 0.274 e. The predicted molar refractivity (Wildman–Crippen MR) is 65.5 cm³/mol. The van der Waals surface area contributed by atoms with Crippen LogP contribution in [0.15, 0.2) is 24.3 Å². The Bertz CT molecular complexity index is 453. The van der Waals surface area contributed by atoms with Crippen LogP contribution < -0.4 is 0 Å². The minimum absolute atomic E-state index is 0.0938. The molecule has 1 saturated heterocycles. The molecule has 2 amide bonds. The maximum absolute atomic E-state index is 11.9. The van der Waals surface area contributed by atoms with E-state index in [-0.39, 0.29) is 23.8 Å². The third-order valence-corrected chi connectivity index (χ3v) is 3.19. The van der Waals surface area contributed by atoms with Crippen LogP contribution in [-0.2, 0) is 9.59 Å². The van der Waals surface area contributed by atoms with E-state index < -0.39 is 0 Å². The van der Waals surface area contributed by atoms with Crippen LogP contribution in [0.3, 0.4) is 0 Å². The molecule has 1 aromatic carbocycles. The molecule has 0 aromatic heterocycles. The van der Waals surface area contributed by atoms with Crippen LogP contribution in [0, 0.1) is 5.92 Å². The Labute approximate surface area is 105 Å². The standard InChI is InChI=1S/C13H14ClNO2/c1-8(2)13(17)15-11(7-12(15)16)9-3-5-10(14)6-4-9/h3-6,8,11H,7H2,1-2H3/t11-/m0/s1. The van der Waals surface area contributed by atoms with Crippen molar-refractivity contribution < 1.29 is 9.59 Å². The molecular formula is C13H14ClNO2. The fourth-order valence-corrected chi connectivity index (χ4v) is 2.05. The molecule has 4 heteroatoms. The molecule has 0 N–H and O–H groups in total. The van der Waals surface area contributed by atoms with Crippen LogP contribution in [0.2, 0.25) is 5.02 Å².